The third kappa shape index (κ3) is 6.05. The monoisotopic (exact) mass is 540 g/mol. The van der Waals surface area contributed by atoms with E-state index in [1.165, 1.54) is 22.5 Å². The van der Waals surface area contributed by atoms with E-state index in [1.54, 1.807) is 0 Å². The number of fused-ring (bicyclic) bond motifs is 1. The Kier molecular flexibility index (Phi) is 7.24. The summed E-state index contributed by atoms with van der Waals surface area (Å²) in [5, 5.41) is 25.8. The number of amides is 1. The SMILES string of the molecule is Cn1c[n+]([C@@H]2O[C@H](COP(=O)(O)OP(=O)(O)OP(=O)(O)O)[C@H](O)C2O)c2c1C(=O)NC(N)N2. The zero-order chi connectivity index (χ0) is 24.9. The smallest absolute Gasteiger partial charge is 0.387 e. The predicted molar refractivity (Wildman–Crippen MR) is 100 cm³/mol. The summed E-state index contributed by atoms with van der Waals surface area (Å²) in [4.78, 5) is 47.9. The molecule has 1 saturated heterocycles. The number of carbonyl (C=O) groups excluding carboxylic acids is 1. The molecule has 0 bridgehead atoms. The first-order valence-corrected chi connectivity index (χ1v) is 13.3. The van der Waals surface area contributed by atoms with E-state index in [1.807, 2.05) is 0 Å². The summed E-state index contributed by atoms with van der Waals surface area (Å²) in [5.74, 6) is -0.395. The van der Waals surface area contributed by atoms with Crippen LogP contribution in [0.1, 0.15) is 16.7 Å². The molecule has 1 amide bonds. The third-order valence-corrected chi connectivity index (χ3v) is 8.16. The number of ether oxygens (including phenoxy) is 1. The summed E-state index contributed by atoms with van der Waals surface area (Å²) in [6, 6.07) is 0. The number of imidazole rings is 1. The molecule has 0 saturated carbocycles. The number of nitrogens with zero attached hydrogens (tertiary/aromatic N) is 2. The molecule has 22 heteroatoms. The molecule has 33 heavy (non-hydrogen) atoms. The van der Waals surface area contributed by atoms with Gasteiger partial charge in [-0.25, -0.2) is 18.3 Å². The van der Waals surface area contributed by atoms with Crippen LogP contribution in [0.3, 0.4) is 0 Å². The van der Waals surface area contributed by atoms with Crippen molar-refractivity contribution in [3.8, 4) is 0 Å². The van der Waals surface area contributed by atoms with Crippen molar-refractivity contribution in [3.63, 3.8) is 0 Å². The molecule has 10 N–H and O–H groups in total. The summed E-state index contributed by atoms with van der Waals surface area (Å²) in [6.45, 7) is -0.985. The number of aliphatic hydroxyl groups excluding tert-OH is 2. The van der Waals surface area contributed by atoms with Crippen LogP contribution >= 0.6 is 23.5 Å². The highest BCUT2D eigenvalue weighted by Gasteiger charge is 2.50. The van der Waals surface area contributed by atoms with Crippen LogP contribution in [0.25, 0.3) is 0 Å². The van der Waals surface area contributed by atoms with Gasteiger partial charge in [0.15, 0.2) is 12.6 Å². The van der Waals surface area contributed by atoms with Gasteiger partial charge in [-0.3, -0.25) is 24.9 Å². The van der Waals surface area contributed by atoms with E-state index in [2.05, 4.69) is 23.8 Å². The number of aliphatic hydroxyl groups is 2. The third-order valence-electron chi connectivity index (χ3n) is 4.36. The maximum absolute atomic E-state index is 12.2. The number of phosphoric ester groups is 1. The van der Waals surface area contributed by atoms with Crippen LogP contribution in [-0.4, -0.2) is 71.5 Å². The van der Waals surface area contributed by atoms with Crippen molar-refractivity contribution in [3.05, 3.63) is 12.0 Å². The Balaban J connectivity index is 1.71. The Labute approximate surface area is 184 Å². The molecule has 7 atom stereocenters. The fraction of sp³-hybridized carbons (Fsp3) is 0.636. The number of hydrogen-bond donors (Lipinski definition) is 9. The lowest BCUT2D eigenvalue weighted by Gasteiger charge is -2.20. The topological polar surface area (TPSA) is 285 Å². The van der Waals surface area contributed by atoms with Crippen LogP contribution in [-0.2, 0) is 38.6 Å². The van der Waals surface area contributed by atoms with Gasteiger partial charge in [-0.1, -0.05) is 0 Å². The second-order valence-corrected chi connectivity index (χ2v) is 11.3. The average Bonchev–Trinajstić information content (AvgIpc) is 3.07. The molecule has 0 radical (unpaired) electrons. The van der Waals surface area contributed by atoms with Crippen molar-refractivity contribution in [2.45, 2.75) is 30.8 Å². The van der Waals surface area contributed by atoms with E-state index in [-0.39, 0.29) is 11.5 Å². The van der Waals surface area contributed by atoms with Gasteiger partial charge < -0.3 is 39.8 Å². The molecular formula is C11H21N5O14P3+. The van der Waals surface area contributed by atoms with E-state index in [9.17, 15) is 33.6 Å². The van der Waals surface area contributed by atoms with Gasteiger partial charge in [0.1, 0.15) is 18.3 Å². The maximum atomic E-state index is 12.2. The number of phosphoric acid groups is 3. The zero-order valence-electron chi connectivity index (χ0n) is 16.4. The molecule has 2 aliphatic rings. The fourth-order valence-corrected chi connectivity index (χ4v) is 6.19. The van der Waals surface area contributed by atoms with Crippen LogP contribution < -0.4 is 20.9 Å². The minimum absolute atomic E-state index is 0.124. The average molecular weight is 540 g/mol. The van der Waals surface area contributed by atoms with Crippen LogP contribution in [0.4, 0.5) is 5.82 Å². The molecule has 1 aromatic heterocycles. The van der Waals surface area contributed by atoms with E-state index in [0.717, 1.165) is 0 Å². The van der Waals surface area contributed by atoms with Gasteiger partial charge in [0, 0.05) is 0 Å². The van der Waals surface area contributed by atoms with Crippen LogP contribution in [0.15, 0.2) is 6.33 Å². The highest BCUT2D eigenvalue weighted by atomic mass is 31.3. The zero-order valence-corrected chi connectivity index (χ0v) is 19.1. The van der Waals surface area contributed by atoms with Crippen LogP contribution in [0, 0.1) is 0 Å². The first-order valence-electron chi connectivity index (χ1n) is 8.73. The molecule has 1 aromatic rings. The number of aromatic nitrogens is 2. The van der Waals surface area contributed by atoms with E-state index >= 15 is 0 Å². The van der Waals surface area contributed by atoms with Crippen molar-refractivity contribution in [2.75, 3.05) is 11.9 Å². The minimum Gasteiger partial charge on any atom is -0.387 e. The largest absolute Gasteiger partial charge is 0.490 e. The van der Waals surface area contributed by atoms with Gasteiger partial charge in [-0.2, -0.15) is 8.62 Å². The normalized spacial score (nSPS) is 31.3. The van der Waals surface area contributed by atoms with Crippen molar-refractivity contribution < 1.29 is 70.7 Å². The molecule has 0 spiro atoms. The summed E-state index contributed by atoms with van der Waals surface area (Å²) < 4.78 is 53.5. The van der Waals surface area contributed by atoms with Crippen molar-refractivity contribution >= 4 is 35.2 Å². The molecule has 3 heterocycles. The summed E-state index contributed by atoms with van der Waals surface area (Å²) in [6.07, 6.45) is -5.81. The Morgan fingerprint density at radius 3 is 2.36 bits per heavy atom. The Morgan fingerprint density at radius 1 is 1.12 bits per heavy atom. The summed E-state index contributed by atoms with van der Waals surface area (Å²) in [5.41, 5.74) is 5.80. The first-order chi connectivity index (χ1) is 15.0. The van der Waals surface area contributed by atoms with E-state index in [0.29, 0.717) is 0 Å². The van der Waals surface area contributed by atoms with Crippen molar-refractivity contribution in [1.82, 2.24) is 9.88 Å². The highest BCUT2D eigenvalue weighted by molar-refractivity contribution is 7.66. The number of nitrogens with two attached hydrogens (primary N) is 1. The minimum atomic E-state index is -5.73. The van der Waals surface area contributed by atoms with Crippen LogP contribution in [0.5, 0.6) is 0 Å². The van der Waals surface area contributed by atoms with Gasteiger partial charge in [0.05, 0.1) is 13.7 Å². The Hall–Kier alpha value is -1.27. The molecule has 4 unspecified atom stereocenters. The molecule has 0 aliphatic carbocycles. The molecule has 3 rings (SSSR count). The van der Waals surface area contributed by atoms with Gasteiger partial charge in [0.2, 0.25) is 11.9 Å². The van der Waals surface area contributed by atoms with Crippen molar-refractivity contribution in [1.29, 1.82) is 0 Å². The molecule has 188 valence electrons. The molecular weight excluding hydrogens is 519 g/mol. The number of nitrogens with one attached hydrogen (secondary N) is 2. The fourth-order valence-electron chi connectivity index (χ4n) is 3.16. The Morgan fingerprint density at radius 2 is 1.76 bits per heavy atom. The molecule has 19 nitrogen and oxygen atoms in total. The van der Waals surface area contributed by atoms with E-state index < -0.39 is 66.8 Å². The van der Waals surface area contributed by atoms with E-state index in [4.69, 9.17) is 25.2 Å². The van der Waals surface area contributed by atoms with Gasteiger partial charge in [-0.05, 0) is 0 Å². The Bertz CT molecular complexity index is 1070. The van der Waals surface area contributed by atoms with Gasteiger partial charge >= 0.3 is 23.5 Å². The standard InChI is InChI=1S/C11H20N5O14P3/c1-15-3-16(8-5(15)9(19)14-11(12)13-8)10-7(18)6(17)4(28-10)2-27-32(23,24)30-33(25,26)29-31(20,21)22/h3-4,6-7,10-11,17-18H,2,12H2,1H3,(H5-,13,14,19,20,21,22,23,24,25,26)/p+1/t4-,6+,7?,10-,11?/m1/s1. The lowest BCUT2D eigenvalue weighted by molar-refractivity contribution is -0.753. The van der Waals surface area contributed by atoms with Gasteiger partial charge in [-0.15, -0.1) is 0 Å². The number of carbonyl (C=O) groups is 1. The lowest BCUT2D eigenvalue weighted by Crippen LogP contribution is -2.55. The lowest BCUT2D eigenvalue weighted by atomic mass is 10.1. The van der Waals surface area contributed by atoms with Crippen molar-refractivity contribution in [2.24, 2.45) is 12.8 Å². The number of hydrogen-bond acceptors (Lipinski definition) is 12. The number of anilines is 1. The quantitative estimate of drug-likeness (QED) is 0.115. The summed E-state index contributed by atoms with van der Waals surface area (Å²) in [7, 11) is -15.2. The molecule has 1 fully saturated rings. The van der Waals surface area contributed by atoms with Gasteiger partial charge in [0.25, 0.3) is 11.7 Å². The predicted octanol–water partition coefficient (Wildman–Crippen LogP) is -3.33. The number of aryl methyl sites for hydroxylation is 1. The second kappa shape index (κ2) is 9.07. The highest BCUT2D eigenvalue weighted by Crippen LogP contribution is 2.66. The maximum Gasteiger partial charge on any atom is 0.490 e. The van der Waals surface area contributed by atoms with Crippen LogP contribution in [0.2, 0.25) is 0 Å². The first kappa shape index (κ1) is 26.3. The molecule has 2 aliphatic heterocycles. The summed E-state index contributed by atoms with van der Waals surface area (Å²) >= 11 is 0. The molecule has 0 aromatic carbocycles. The second-order valence-electron chi connectivity index (χ2n) is 6.86. The number of rotatable bonds is 8.